The number of nitrogens with one attached hydrogen (secondary N) is 1. The Morgan fingerprint density at radius 1 is 1.16 bits per heavy atom. The van der Waals surface area contributed by atoms with Crippen LogP contribution in [-0.4, -0.2) is 35.3 Å². The van der Waals surface area contributed by atoms with Gasteiger partial charge in [0, 0.05) is 12.6 Å². The minimum Gasteiger partial charge on any atom is -0.299 e. The molecule has 5 nitrogen and oxygen atoms in total. The van der Waals surface area contributed by atoms with E-state index >= 15 is 0 Å². The van der Waals surface area contributed by atoms with Crippen LogP contribution in [0.25, 0.3) is 0 Å². The number of imide groups is 1. The van der Waals surface area contributed by atoms with Crippen molar-refractivity contribution >= 4 is 11.8 Å². The van der Waals surface area contributed by atoms with Crippen LogP contribution < -0.4 is 5.32 Å². The van der Waals surface area contributed by atoms with E-state index in [1.54, 1.807) is 24.3 Å². The topological polar surface area (TPSA) is 73.2 Å². The molecule has 1 aliphatic heterocycles. The van der Waals surface area contributed by atoms with E-state index < -0.39 is 0 Å². The van der Waals surface area contributed by atoms with Gasteiger partial charge in [-0.15, -0.1) is 0 Å². The van der Waals surface area contributed by atoms with Crippen LogP contribution in [0.15, 0.2) is 24.3 Å². The fourth-order valence-corrected chi connectivity index (χ4v) is 3.91. The molecule has 0 aromatic heterocycles. The van der Waals surface area contributed by atoms with Gasteiger partial charge in [-0.2, -0.15) is 5.26 Å². The van der Waals surface area contributed by atoms with Gasteiger partial charge in [0.15, 0.2) is 0 Å². The minimum absolute atomic E-state index is 0.0722. The number of carbonyl (C=O) groups excluding carboxylic acids is 2. The van der Waals surface area contributed by atoms with Gasteiger partial charge in [-0.3, -0.25) is 19.8 Å². The number of amides is 2. The van der Waals surface area contributed by atoms with Crippen molar-refractivity contribution in [3.05, 3.63) is 35.4 Å². The van der Waals surface area contributed by atoms with Crippen molar-refractivity contribution in [1.82, 2.24) is 10.2 Å². The summed E-state index contributed by atoms with van der Waals surface area (Å²) in [5, 5.41) is 12.9. The summed E-state index contributed by atoms with van der Waals surface area (Å²) in [6.07, 6.45) is 6.63. The first-order chi connectivity index (χ1) is 12.1. The SMILES string of the molecule is CC(CC(C#N)NC1CCCCC1)CN1C(=O)c2ccccc2C1=O. The van der Waals surface area contributed by atoms with Crippen molar-refractivity contribution in [2.24, 2.45) is 5.92 Å². The van der Waals surface area contributed by atoms with Crippen molar-refractivity contribution in [2.75, 3.05) is 6.54 Å². The summed E-state index contributed by atoms with van der Waals surface area (Å²) in [6, 6.07) is 9.48. The number of carbonyl (C=O) groups is 2. The molecule has 2 atom stereocenters. The number of benzene rings is 1. The van der Waals surface area contributed by atoms with Gasteiger partial charge < -0.3 is 0 Å². The molecule has 2 amide bonds. The number of fused-ring (bicyclic) bond motifs is 1. The highest BCUT2D eigenvalue weighted by Crippen LogP contribution is 2.24. The Bertz CT molecular complexity index is 653. The van der Waals surface area contributed by atoms with E-state index in [9.17, 15) is 14.9 Å². The summed E-state index contributed by atoms with van der Waals surface area (Å²) in [4.78, 5) is 26.2. The average molecular weight is 339 g/mol. The molecular weight excluding hydrogens is 314 g/mol. The van der Waals surface area contributed by atoms with Crippen LogP contribution in [0.2, 0.25) is 0 Å². The predicted octanol–water partition coefficient (Wildman–Crippen LogP) is 3.12. The molecule has 5 heteroatoms. The molecule has 0 saturated heterocycles. The summed E-state index contributed by atoms with van der Waals surface area (Å²) in [7, 11) is 0. The average Bonchev–Trinajstić information content (AvgIpc) is 2.87. The molecule has 2 aliphatic rings. The second-order valence-electron chi connectivity index (χ2n) is 7.29. The maximum atomic E-state index is 12.4. The van der Waals surface area contributed by atoms with E-state index in [2.05, 4.69) is 11.4 Å². The number of hydrogen-bond acceptors (Lipinski definition) is 4. The molecule has 1 saturated carbocycles. The van der Waals surface area contributed by atoms with Gasteiger partial charge in [0.2, 0.25) is 0 Å². The highest BCUT2D eigenvalue weighted by Gasteiger charge is 2.36. The third-order valence-corrected chi connectivity index (χ3v) is 5.21. The van der Waals surface area contributed by atoms with Gasteiger partial charge in [0.05, 0.1) is 23.2 Å². The quantitative estimate of drug-likeness (QED) is 0.808. The molecular formula is C20H25N3O2. The van der Waals surface area contributed by atoms with E-state index in [0.29, 0.717) is 30.1 Å². The Morgan fingerprint density at radius 2 is 1.76 bits per heavy atom. The molecule has 1 N–H and O–H groups in total. The van der Waals surface area contributed by atoms with Gasteiger partial charge in [-0.25, -0.2) is 0 Å². The number of nitrogens with zero attached hydrogens (tertiary/aromatic N) is 2. The van der Waals surface area contributed by atoms with Crippen LogP contribution in [-0.2, 0) is 0 Å². The molecule has 0 bridgehead atoms. The first-order valence-corrected chi connectivity index (χ1v) is 9.21. The van der Waals surface area contributed by atoms with E-state index in [1.807, 2.05) is 6.92 Å². The third kappa shape index (κ3) is 3.91. The van der Waals surface area contributed by atoms with Crippen LogP contribution in [0, 0.1) is 17.2 Å². The molecule has 25 heavy (non-hydrogen) atoms. The Kier molecular flexibility index (Phi) is 5.50. The molecule has 0 radical (unpaired) electrons. The highest BCUT2D eigenvalue weighted by molar-refractivity contribution is 6.21. The van der Waals surface area contributed by atoms with Gasteiger partial charge in [-0.05, 0) is 37.3 Å². The standard InChI is InChI=1S/C20H25N3O2/c1-14(11-16(12-21)22-15-7-3-2-4-8-15)13-23-19(24)17-9-5-6-10-18(17)20(23)25/h5-6,9-10,14-16,22H,2-4,7-8,11,13H2,1H3. The lowest BCUT2D eigenvalue weighted by Crippen LogP contribution is -2.41. The summed E-state index contributed by atoms with van der Waals surface area (Å²) in [5.41, 5.74) is 0.966. The largest absolute Gasteiger partial charge is 0.299 e. The molecule has 132 valence electrons. The summed E-state index contributed by atoms with van der Waals surface area (Å²) >= 11 is 0. The Morgan fingerprint density at radius 3 is 2.32 bits per heavy atom. The lowest BCUT2D eigenvalue weighted by atomic mass is 9.93. The number of hydrogen-bond donors (Lipinski definition) is 1. The van der Waals surface area contributed by atoms with Gasteiger partial charge in [0.1, 0.15) is 0 Å². The van der Waals surface area contributed by atoms with Gasteiger partial charge in [-0.1, -0.05) is 38.3 Å². The normalized spacial score (nSPS) is 20.2. The molecule has 1 fully saturated rings. The fraction of sp³-hybridized carbons (Fsp3) is 0.550. The molecule has 2 unspecified atom stereocenters. The number of rotatable bonds is 6. The maximum Gasteiger partial charge on any atom is 0.261 e. The Balaban J connectivity index is 1.57. The first-order valence-electron chi connectivity index (χ1n) is 9.21. The summed E-state index contributed by atoms with van der Waals surface area (Å²) in [6.45, 7) is 2.35. The number of nitriles is 1. The van der Waals surface area contributed by atoms with E-state index in [0.717, 1.165) is 12.8 Å². The summed E-state index contributed by atoms with van der Waals surface area (Å²) in [5.74, 6) is -0.370. The van der Waals surface area contributed by atoms with E-state index in [-0.39, 0.29) is 23.8 Å². The van der Waals surface area contributed by atoms with E-state index in [4.69, 9.17) is 0 Å². The lowest BCUT2D eigenvalue weighted by Gasteiger charge is -2.27. The zero-order valence-electron chi connectivity index (χ0n) is 14.7. The Labute approximate surface area is 149 Å². The molecule has 0 spiro atoms. The zero-order valence-corrected chi connectivity index (χ0v) is 14.7. The monoisotopic (exact) mass is 339 g/mol. The zero-order chi connectivity index (χ0) is 17.8. The van der Waals surface area contributed by atoms with Crippen LogP contribution in [0.1, 0.15) is 66.2 Å². The van der Waals surface area contributed by atoms with Gasteiger partial charge >= 0.3 is 0 Å². The van der Waals surface area contributed by atoms with Crippen LogP contribution in [0.4, 0.5) is 0 Å². The third-order valence-electron chi connectivity index (χ3n) is 5.21. The van der Waals surface area contributed by atoms with Crippen molar-refractivity contribution < 1.29 is 9.59 Å². The molecule has 1 aromatic carbocycles. The minimum atomic E-state index is -0.228. The van der Waals surface area contributed by atoms with E-state index in [1.165, 1.54) is 24.2 Å². The van der Waals surface area contributed by atoms with Gasteiger partial charge in [0.25, 0.3) is 11.8 Å². The second-order valence-corrected chi connectivity index (χ2v) is 7.29. The Hall–Kier alpha value is -2.19. The highest BCUT2D eigenvalue weighted by atomic mass is 16.2. The molecule has 1 aliphatic carbocycles. The maximum absolute atomic E-state index is 12.4. The second kappa shape index (κ2) is 7.79. The fourth-order valence-electron chi connectivity index (χ4n) is 3.91. The predicted molar refractivity (Wildman–Crippen MR) is 95.0 cm³/mol. The molecule has 1 aromatic rings. The van der Waals surface area contributed by atoms with Crippen LogP contribution in [0.5, 0.6) is 0 Å². The smallest absolute Gasteiger partial charge is 0.261 e. The van der Waals surface area contributed by atoms with Crippen molar-refractivity contribution in [3.8, 4) is 6.07 Å². The van der Waals surface area contributed by atoms with Crippen molar-refractivity contribution in [3.63, 3.8) is 0 Å². The molecule has 1 heterocycles. The first kappa shape index (κ1) is 17.6. The van der Waals surface area contributed by atoms with Crippen LogP contribution >= 0.6 is 0 Å². The molecule has 3 rings (SSSR count). The summed E-state index contributed by atoms with van der Waals surface area (Å²) < 4.78 is 0. The van der Waals surface area contributed by atoms with Crippen LogP contribution in [0.3, 0.4) is 0 Å². The van der Waals surface area contributed by atoms with Crippen molar-refractivity contribution in [1.29, 1.82) is 5.26 Å². The lowest BCUT2D eigenvalue weighted by molar-refractivity contribution is 0.0628. The van der Waals surface area contributed by atoms with Crippen molar-refractivity contribution in [2.45, 2.75) is 57.5 Å².